The molecular weight excluding hydrogens is 272 g/mol. The molecule has 1 saturated carbocycles. The highest BCUT2D eigenvalue weighted by Gasteiger charge is 2.36. The molecule has 1 N–H and O–H groups in total. The van der Waals surface area contributed by atoms with Crippen LogP contribution in [0.25, 0.3) is 0 Å². The Balaban J connectivity index is 1.88. The van der Waals surface area contributed by atoms with Crippen LogP contribution >= 0.6 is 0 Å². The summed E-state index contributed by atoms with van der Waals surface area (Å²) in [5.74, 6) is 2.25. The minimum absolute atomic E-state index is 0.345. The molecule has 0 radical (unpaired) electrons. The molecule has 0 saturated heterocycles. The van der Waals surface area contributed by atoms with Crippen LogP contribution in [0.3, 0.4) is 0 Å². The van der Waals surface area contributed by atoms with Crippen LogP contribution in [0.15, 0.2) is 0 Å². The third kappa shape index (κ3) is 10.2. The molecular formula is C20H38O2. The molecule has 0 aliphatic heterocycles. The van der Waals surface area contributed by atoms with E-state index in [-0.39, 0.29) is 0 Å². The average molecular weight is 311 g/mol. The van der Waals surface area contributed by atoms with Crippen molar-refractivity contribution in [3.8, 4) is 0 Å². The average Bonchev–Trinajstić information content (AvgIpc) is 3.20. The topological polar surface area (TPSA) is 37.3 Å². The Morgan fingerprint density at radius 1 is 1.00 bits per heavy atom. The van der Waals surface area contributed by atoms with Gasteiger partial charge in [-0.3, -0.25) is 4.79 Å². The Bertz CT molecular complexity index is 287. The first-order valence-corrected chi connectivity index (χ1v) is 9.85. The number of unbranched alkanes of at least 4 members (excludes halogenated alkanes) is 7. The number of hydrogen-bond acceptors (Lipinski definition) is 1. The van der Waals surface area contributed by atoms with Gasteiger partial charge >= 0.3 is 5.97 Å². The molecule has 0 heterocycles. The molecule has 130 valence electrons. The number of carbonyl (C=O) groups is 1. The lowest BCUT2D eigenvalue weighted by Gasteiger charge is -2.10. The molecule has 0 amide bonds. The van der Waals surface area contributed by atoms with Gasteiger partial charge < -0.3 is 5.11 Å². The van der Waals surface area contributed by atoms with E-state index in [0.717, 1.165) is 30.6 Å². The fourth-order valence-corrected chi connectivity index (χ4v) is 3.72. The summed E-state index contributed by atoms with van der Waals surface area (Å²) in [4.78, 5) is 10.4. The van der Waals surface area contributed by atoms with E-state index < -0.39 is 5.97 Å². The molecule has 0 spiro atoms. The number of rotatable bonds is 15. The van der Waals surface area contributed by atoms with Crippen LogP contribution in [-0.2, 0) is 4.79 Å². The summed E-state index contributed by atoms with van der Waals surface area (Å²) in [6.07, 6.45) is 17.7. The van der Waals surface area contributed by atoms with Gasteiger partial charge in [-0.2, -0.15) is 0 Å². The Morgan fingerprint density at radius 3 is 2.41 bits per heavy atom. The van der Waals surface area contributed by atoms with Gasteiger partial charge in [-0.25, -0.2) is 0 Å². The van der Waals surface area contributed by atoms with Gasteiger partial charge in [-0.05, 0) is 37.0 Å². The van der Waals surface area contributed by atoms with Gasteiger partial charge in [0.25, 0.3) is 0 Å². The third-order valence-corrected chi connectivity index (χ3v) is 5.29. The van der Waals surface area contributed by atoms with E-state index in [1.807, 2.05) is 0 Å². The monoisotopic (exact) mass is 310 g/mol. The van der Waals surface area contributed by atoms with Crippen molar-refractivity contribution in [1.29, 1.82) is 0 Å². The van der Waals surface area contributed by atoms with E-state index in [2.05, 4.69) is 13.8 Å². The van der Waals surface area contributed by atoms with Crippen molar-refractivity contribution in [1.82, 2.24) is 0 Å². The normalized spacial score (nSPS) is 21.7. The first kappa shape index (κ1) is 19.5. The molecule has 2 heteroatoms. The Labute approximate surface area is 138 Å². The van der Waals surface area contributed by atoms with Crippen LogP contribution in [0, 0.1) is 17.8 Å². The zero-order valence-electron chi connectivity index (χ0n) is 15.0. The van der Waals surface area contributed by atoms with Gasteiger partial charge in [0.05, 0.1) is 0 Å². The van der Waals surface area contributed by atoms with Crippen molar-refractivity contribution in [2.45, 2.75) is 104 Å². The predicted octanol–water partition coefficient (Wildman–Crippen LogP) is 6.43. The molecule has 1 aliphatic rings. The van der Waals surface area contributed by atoms with E-state index in [0.29, 0.717) is 6.42 Å². The zero-order valence-corrected chi connectivity index (χ0v) is 15.0. The fourth-order valence-electron chi connectivity index (χ4n) is 3.72. The van der Waals surface area contributed by atoms with Gasteiger partial charge in [0.2, 0.25) is 0 Å². The highest BCUT2D eigenvalue weighted by Crippen LogP contribution is 2.46. The molecule has 2 nitrogen and oxygen atoms in total. The lowest BCUT2D eigenvalue weighted by Crippen LogP contribution is -1.99. The number of hydrogen-bond donors (Lipinski definition) is 1. The SMILES string of the molecule is CCCCCCCCC1CC1CC(C)CCCCCC(=O)O. The highest BCUT2D eigenvalue weighted by atomic mass is 16.4. The quantitative estimate of drug-likeness (QED) is 0.354. The van der Waals surface area contributed by atoms with E-state index >= 15 is 0 Å². The summed E-state index contributed by atoms with van der Waals surface area (Å²) in [5, 5.41) is 8.61. The molecule has 0 aromatic heterocycles. The minimum atomic E-state index is -0.649. The Morgan fingerprint density at radius 2 is 1.68 bits per heavy atom. The summed E-state index contributed by atoms with van der Waals surface area (Å²) in [5.41, 5.74) is 0. The maximum Gasteiger partial charge on any atom is 0.303 e. The second-order valence-electron chi connectivity index (χ2n) is 7.65. The molecule has 0 aromatic carbocycles. The van der Waals surface area contributed by atoms with Gasteiger partial charge in [0.15, 0.2) is 0 Å². The minimum Gasteiger partial charge on any atom is -0.481 e. The smallest absolute Gasteiger partial charge is 0.303 e. The molecule has 0 bridgehead atoms. The van der Waals surface area contributed by atoms with Gasteiger partial charge in [0, 0.05) is 6.42 Å². The van der Waals surface area contributed by atoms with Gasteiger partial charge in [-0.15, -0.1) is 0 Å². The van der Waals surface area contributed by atoms with Crippen molar-refractivity contribution in [2.75, 3.05) is 0 Å². The summed E-state index contributed by atoms with van der Waals surface area (Å²) >= 11 is 0. The van der Waals surface area contributed by atoms with Crippen molar-refractivity contribution < 1.29 is 9.90 Å². The molecule has 1 rings (SSSR count). The molecule has 1 fully saturated rings. The zero-order chi connectivity index (χ0) is 16.2. The molecule has 0 aromatic rings. The van der Waals surface area contributed by atoms with Gasteiger partial charge in [0.1, 0.15) is 0 Å². The van der Waals surface area contributed by atoms with Gasteiger partial charge in [-0.1, -0.05) is 78.1 Å². The van der Waals surface area contributed by atoms with Crippen molar-refractivity contribution in [3.63, 3.8) is 0 Å². The first-order valence-electron chi connectivity index (χ1n) is 9.85. The van der Waals surface area contributed by atoms with E-state index in [1.165, 1.54) is 70.6 Å². The van der Waals surface area contributed by atoms with Crippen molar-refractivity contribution in [3.05, 3.63) is 0 Å². The molecule has 3 unspecified atom stereocenters. The lowest BCUT2D eigenvalue weighted by atomic mass is 9.95. The highest BCUT2D eigenvalue weighted by molar-refractivity contribution is 5.66. The molecule has 22 heavy (non-hydrogen) atoms. The van der Waals surface area contributed by atoms with Crippen LogP contribution < -0.4 is 0 Å². The van der Waals surface area contributed by atoms with Crippen LogP contribution in [-0.4, -0.2) is 11.1 Å². The van der Waals surface area contributed by atoms with Crippen LogP contribution in [0.4, 0.5) is 0 Å². The maximum atomic E-state index is 10.4. The first-order chi connectivity index (χ1) is 10.6. The summed E-state index contributed by atoms with van der Waals surface area (Å²) < 4.78 is 0. The van der Waals surface area contributed by atoms with Crippen LogP contribution in [0.1, 0.15) is 104 Å². The Kier molecular flexibility index (Phi) is 10.6. The number of aliphatic carboxylic acids is 1. The Hall–Kier alpha value is -0.530. The summed E-state index contributed by atoms with van der Waals surface area (Å²) in [6, 6.07) is 0. The van der Waals surface area contributed by atoms with Crippen LogP contribution in [0.2, 0.25) is 0 Å². The summed E-state index contributed by atoms with van der Waals surface area (Å²) in [6.45, 7) is 4.67. The van der Waals surface area contributed by atoms with E-state index in [9.17, 15) is 4.79 Å². The van der Waals surface area contributed by atoms with Crippen molar-refractivity contribution >= 4 is 5.97 Å². The number of carboxylic acids is 1. The fraction of sp³-hybridized carbons (Fsp3) is 0.950. The van der Waals surface area contributed by atoms with E-state index in [1.54, 1.807) is 0 Å². The van der Waals surface area contributed by atoms with E-state index in [4.69, 9.17) is 5.11 Å². The maximum absolute atomic E-state index is 10.4. The summed E-state index contributed by atoms with van der Waals surface area (Å²) in [7, 11) is 0. The molecule has 1 aliphatic carbocycles. The lowest BCUT2D eigenvalue weighted by molar-refractivity contribution is -0.137. The molecule has 3 atom stereocenters. The second kappa shape index (κ2) is 12.0. The third-order valence-electron chi connectivity index (χ3n) is 5.29. The second-order valence-corrected chi connectivity index (χ2v) is 7.65. The van der Waals surface area contributed by atoms with Crippen LogP contribution in [0.5, 0.6) is 0 Å². The standard InChI is InChI=1S/C20H38O2/c1-3-4-5-6-7-10-13-18-16-19(18)15-17(2)12-9-8-11-14-20(21)22/h17-19H,3-16H2,1-2H3,(H,21,22). The predicted molar refractivity (Wildman–Crippen MR) is 94.1 cm³/mol. The number of carboxylic acid groups (broad SMARTS) is 1. The largest absolute Gasteiger partial charge is 0.481 e. The van der Waals surface area contributed by atoms with Crippen molar-refractivity contribution in [2.24, 2.45) is 17.8 Å².